The number of hydrogen-bond donors (Lipinski definition) is 0. The van der Waals surface area contributed by atoms with E-state index in [1.807, 2.05) is 42.1 Å². The van der Waals surface area contributed by atoms with Crippen LogP contribution in [0.3, 0.4) is 0 Å². The second-order valence-electron chi connectivity index (χ2n) is 16.4. The third-order valence-electron chi connectivity index (χ3n) is 13.0. The summed E-state index contributed by atoms with van der Waals surface area (Å²) in [6.45, 7) is 0. The van der Waals surface area contributed by atoms with Crippen LogP contribution in [-0.4, -0.2) is 9.97 Å². The SMILES string of the molecule is c1ccc(-c2nc(-c3ccc(-c4cccc5c4oc4ccccc45)cc3)cc(-c3cccc(-c4cccc5c4Sc4ccccc4C54c5ccccc5-c5ccccc54)c3)n2)cc1. The van der Waals surface area contributed by atoms with Crippen molar-refractivity contribution in [3.63, 3.8) is 0 Å². The maximum atomic E-state index is 6.40. The van der Waals surface area contributed by atoms with Crippen LogP contribution in [0.5, 0.6) is 0 Å². The Morgan fingerprint density at radius 2 is 0.921 bits per heavy atom. The Kier molecular flexibility index (Phi) is 8.06. The Bertz CT molecular complexity index is 3560. The van der Waals surface area contributed by atoms with Gasteiger partial charge in [-0.25, -0.2) is 9.97 Å². The summed E-state index contributed by atoms with van der Waals surface area (Å²) in [6, 6.07) is 78.4. The number of rotatable bonds is 5. The monoisotopic (exact) mass is 820 g/mol. The molecule has 1 aliphatic heterocycles. The fourth-order valence-corrected chi connectivity index (χ4v) is 11.5. The molecule has 1 spiro atoms. The minimum absolute atomic E-state index is 0.432. The summed E-state index contributed by atoms with van der Waals surface area (Å²) >= 11 is 1.88. The highest BCUT2D eigenvalue weighted by Crippen LogP contribution is 2.63. The van der Waals surface area contributed by atoms with Gasteiger partial charge in [0, 0.05) is 42.8 Å². The van der Waals surface area contributed by atoms with Gasteiger partial charge in [0.2, 0.25) is 0 Å². The van der Waals surface area contributed by atoms with Crippen molar-refractivity contribution in [1.82, 2.24) is 9.97 Å². The summed E-state index contributed by atoms with van der Waals surface area (Å²) in [4.78, 5) is 13.0. The summed E-state index contributed by atoms with van der Waals surface area (Å²) in [5, 5.41) is 2.25. The molecule has 0 amide bonds. The zero-order chi connectivity index (χ0) is 41.5. The standard InChI is InChI=1S/C59H36N2OS/c1-2-15-39(16-3-1)58-60-52(38-33-31-37(32-34-38)42-22-13-24-47-46-21-6-10-29-54(46)62-56(42)47)36-53(61-58)41-18-12-17-40(35-41)43-23-14-28-51-57(43)63-55-30-11-9-27-50(55)59(51)48-25-7-4-19-44(48)45-20-5-8-26-49(45)59/h1-36H. The molecular weight excluding hydrogens is 785 g/mol. The number of benzene rings is 9. The van der Waals surface area contributed by atoms with Crippen molar-refractivity contribution in [2.45, 2.75) is 15.2 Å². The van der Waals surface area contributed by atoms with Crippen molar-refractivity contribution in [3.8, 4) is 67.3 Å². The molecule has 2 aromatic heterocycles. The predicted molar refractivity (Wildman–Crippen MR) is 258 cm³/mol. The summed E-state index contributed by atoms with van der Waals surface area (Å²) in [7, 11) is 0. The van der Waals surface area contributed by atoms with Gasteiger partial charge in [-0.3, -0.25) is 0 Å². The van der Waals surface area contributed by atoms with E-state index < -0.39 is 5.41 Å². The fraction of sp³-hybridized carbons (Fsp3) is 0.0169. The van der Waals surface area contributed by atoms with Crippen molar-refractivity contribution in [2.75, 3.05) is 0 Å². The first kappa shape index (κ1) is 35.9. The smallest absolute Gasteiger partial charge is 0.160 e. The second kappa shape index (κ2) is 14.1. The van der Waals surface area contributed by atoms with Crippen LogP contribution in [0.1, 0.15) is 22.3 Å². The highest BCUT2D eigenvalue weighted by atomic mass is 32.2. The average Bonchev–Trinajstić information content (AvgIpc) is 3.88. The Morgan fingerprint density at radius 3 is 1.73 bits per heavy atom. The number of hydrogen-bond acceptors (Lipinski definition) is 4. The Labute approximate surface area is 369 Å². The van der Waals surface area contributed by atoms with Crippen molar-refractivity contribution >= 4 is 33.7 Å². The Balaban J connectivity index is 0.939. The topological polar surface area (TPSA) is 38.9 Å². The molecular formula is C59H36N2OS. The van der Waals surface area contributed by atoms with E-state index in [4.69, 9.17) is 14.4 Å². The molecule has 0 bridgehead atoms. The number of fused-ring (bicyclic) bond motifs is 12. The molecule has 0 radical (unpaired) electrons. The van der Waals surface area contributed by atoms with Crippen LogP contribution in [0.15, 0.2) is 233 Å². The molecule has 1 aliphatic carbocycles. The number of para-hydroxylation sites is 2. The Morgan fingerprint density at radius 1 is 0.365 bits per heavy atom. The van der Waals surface area contributed by atoms with Gasteiger partial charge >= 0.3 is 0 Å². The lowest BCUT2D eigenvalue weighted by Crippen LogP contribution is -2.32. The summed E-state index contributed by atoms with van der Waals surface area (Å²) < 4.78 is 6.40. The lowest BCUT2D eigenvalue weighted by molar-refractivity contribution is 0.670. The molecule has 0 fully saturated rings. The highest BCUT2D eigenvalue weighted by Gasteiger charge is 2.50. The largest absolute Gasteiger partial charge is 0.455 e. The molecule has 3 heterocycles. The first-order valence-electron chi connectivity index (χ1n) is 21.4. The number of nitrogens with zero attached hydrogens (tertiary/aromatic N) is 2. The molecule has 294 valence electrons. The van der Waals surface area contributed by atoms with E-state index >= 15 is 0 Å². The van der Waals surface area contributed by atoms with Crippen molar-refractivity contribution in [2.24, 2.45) is 0 Å². The number of aromatic nitrogens is 2. The normalized spacial score (nSPS) is 13.1. The molecule has 2 aliphatic rings. The zero-order valence-corrected chi connectivity index (χ0v) is 34.8. The van der Waals surface area contributed by atoms with E-state index in [2.05, 4.69) is 188 Å². The van der Waals surface area contributed by atoms with E-state index in [1.165, 1.54) is 48.7 Å². The maximum absolute atomic E-state index is 6.40. The van der Waals surface area contributed by atoms with Gasteiger partial charge in [0.15, 0.2) is 5.82 Å². The van der Waals surface area contributed by atoms with Gasteiger partial charge < -0.3 is 4.42 Å². The highest BCUT2D eigenvalue weighted by molar-refractivity contribution is 7.99. The molecule has 0 atom stereocenters. The molecule has 11 aromatic rings. The first-order chi connectivity index (χ1) is 31.2. The van der Waals surface area contributed by atoms with E-state index in [9.17, 15) is 0 Å². The molecule has 0 N–H and O–H groups in total. The van der Waals surface area contributed by atoms with Crippen LogP contribution >= 0.6 is 11.8 Å². The van der Waals surface area contributed by atoms with Gasteiger partial charge in [-0.1, -0.05) is 206 Å². The van der Waals surface area contributed by atoms with Crippen molar-refractivity contribution in [1.29, 1.82) is 0 Å². The van der Waals surface area contributed by atoms with Gasteiger partial charge in [0.1, 0.15) is 11.2 Å². The molecule has 3 nitrogen and oxygen atoms in total. The average molecular weight is 821 g/mol. The number of furan rings is 1. The van der Waals surface area contributed by atoms with Gasteiger partial charge in [-0.05, 0) is 74.3 Å². The third kappa shape index (κ3) is 5.48. The molecule has 13 rings (SSSR count). The van der Waals surface area contributed by atoms with Crippen molar-refractivity contribution in [3.05, 3.63) is 241 Å². The van der Waals surface area contributed by atoms with Gasteiger partial charge in [-0.15, -0.1) is 0 Å². The van der Waals surface area contributed by atoms with Gasteiger partial charge in [-0.2, -0.15) is 0 Å². The molecule has 63 heavy (non-hydrogen) atoms. The van der Waals surface area contributed by atoms with Crippen LogP contribution in [0.25, 0.3) is 89.2 Å². The zero-order valence-electron chi connectivity index (χ0n) is 34.0. The molecule has 0 saturated carbocycles. The minimum Gasteiger partial charge on any atom is -0.455 e. The van der Waals surface area contributed by atoms with Crippen LogP contribution in [-0.2, 0) is 5.41 Å². The second-order valence-corrected chi connectivity index (χ2v) is 17.4. The predicted octanol–water partition coefficient (Wildman–Crippen LogP) is 15.5. The van der Waals surface area contributed by atoms with E-state index in [0.29, 0.717) is 5.82 Å². The summed E-state index contributed by atoms with van der Waals surface area (Å²) in [5.41, 5.74) is 18.6. The van der Waals surface area contributed by atoms with E-state index in [1.54, 1.807) is 0 Å². The van der Waals surface area contributed by atoms with E-state index in [-0.39, 0.29) is 0 Å². The molecule has 0 saturated heterocycles. The molecule has 0 unspecified atom stereocenters. The lowest BCUT2D eigenvalue weighted by Gasteiger charge is -2.40. The van der Waals surface area contributed by atoms with Crippen molar-refractivity contribution < 1.29 is 4.42 Å². The van der Waals surface area contributed by atoms with Crippen LogP contribution in [0.4, 0.5) is 0 Å². The molecule has 9 aromatic carbocycles. The molecule has 4 heteroatoms. The summed E-state index contributed by atoms with van der Waals surface area (Å²) in [5.74, 6) is 0.689. The van der Waals surface area contributed by atoms with Gasteiger partial charge in [0.05, 0.1) is 16.8 Å². The minimum atomic E-state index is -0.432. The fourth-order valence-electron chi connectivity index (χ4n) is 10.2. The van der Waals surface area contributed by atoms with Crippen LogP contribution in [0.2, 0.25) is 0 Å². The first-order valence-corrected chi connectivity index (χ1v) is 22.2. The Hall–Kier alpha value is -7.79. The van der Waals surface area contributed by atoms with Gasteiger partial charge in [0.25, 0.3) is 0 Å². The van der Waals surface area contributed by atoms with E-state index in [0.717, 1.165) is 66.7 Å². The third-order valence-corrected chi connectivity index (χ3v) is 14.2. The quantitative estimate of drug-likeness (QED) is 0.173. The lowest BCUT2D eigenvalue weighted by atomic mass is 9.67. The van der Waals surface area contributed by atoms with Crippen LogP contribution < -0.4 is 0 Å². The van der Waals surface area contributed by atoms with Crippen LogP contribution in [0, 0.1) is 0 Å². The maximum Gasteiger partial charge on any atom is 0.160 e. The summed E-state index contributed by atoms with van der Waals surface area (Å²) in [6.07, 6.45) is 0.